The molecule has 0 saturated carbocycles. The van der Waals surface area contributed by atoms with Gasteiger partial charge in [0.1, 0.15) is 24.4 Å². The molecular weight excluding hydrogens is 823 g/mol. The van der Waals surface area contributed by atoms with Gasteiger partial charge in [-0.3, -0.25) is 9.35 Å². The molecule has 1 aliphatic heterocycles. The maximum absolute atomic E-state index is 13.1. The van der Waals surface area contributed by atoms with Gasteiger partial charge in [-0.15, -0.1) is 0 Å². The first-order valence-electron chi connectivity index (χ1n) is 25.7. The third kappa shape index (κ3) is 33.7. The molecule has 1 aliphatic rings. The third-order valence-corrected chi connectivity index (χ3v) is 12.7. The number of aliphatic hydroxyl groups excluding tert-OH is 4. The Morgan fingerprint density at radius 2 is 1.02 bits per heavy atom. The highest BCUT2D eigenvalue weighted by Crippen LogP contribution is 2.26. The number of nitrogens with one attached hydrogen (secondary N) is 1. The average molecular weight is 918 g/mol. The van der Waals surface area contributed by atoms with E-state index in [0.29, 0.717) is 6.42 Å². The van der Waals surface area contributed by atoms with Gasteiger partial charge in [0.15, 0.2) is 6.29 Å². The zero-order chi connectivity index (χ0) is 46.2. The molecule has 0 spiro atoms. The third-order valence-electron chi connectivity index (χ3n) is 12.2. The van der Waals surface area contributed by atoms with E-state index < -0.39 is 59.9 Å². The van der Waals surface area contributed by atoms with E-state index in [4.69, 9.17) is 9.47 Å². The summed E-state index contributed by atoms with van der Waals surface area (Å²) in [4.78, 5) is 13.1. The van der Waals surface area contributed by atoms with Crippen LogP contribution in [0.15, 0.2) is 24.3 Å². The van der Waals surface area contributed by atoms with E-state index in [1.807, 2.05) is 6.08 Å². The van der Waals surface area contributed by atoms with Crippen molar-refractivity contribution in [3.05, 3.63) is 24.3 Å². The quantitative estimate of drug-likeness (QED) is 0.0194. The first-order valence-corrected chi connectivity index (χ1v) is 27.1. The molecule has 1 fully saturated rings. The van der Waals surface area contributed by atoms with Gasteiger partial charge in [-0.25, -0.2) is 4.18 Å². The highest BCUT2D eigenvalue weighted by molar-refractivity contribution is 7.80. The summed E-state index contributed by atoms with van der Waals surface area (Å²) >= 11 is 0. The molecule has 13 heteroatoms. The number of rotatable bonds is 44. The van der Waals surface area contributed by atoms with E-state index in [1.54, 1.807) is 6.08 Å². The van der Waals surface area contributed by atoms with Gasteiger partial charge < -0.3 is 35.2 Å². The number of unbranched alkanes of at least 4 members (excludes halogenated alkanes) is 30. The predicted molar refractivity (Wildman–Crippen MR) is 255 cm³/mol. The molecule has 7 unspecified atom stereocenters. The lowest BCUT2D eigenvalue weighted by Crippen LogP contribution is -2.61. The number of allylic oxidation sites excluding steroid dienone is 3. The molecule has 1 heterocycles. The lowest BCUT2D eigenvalue weighted by molar-refractivity contribution is -0.298. The van der Waals surface area contributed by atoms with Crippen molar-refractivity contribution in [3.8, 4) is 0 Å². The molecule has 63 heavy (non-hydrogen) atoms. The summed E-state index contributed by atoms with van der Waals surface area (Å²) < 4.78 is 47.7. The van der Waals surface area contributed by atoms with E-state index >= 15 is 0 Å². The van der Waals surface area contributed by atoms with Crippen LogP contribution in [-0.4, -0.2) is 95.4 Å². The maximum Gasteiger partial charge on any atom is 0.397 e. The Balaban J connectivity index is 2.46. The Labute approximate surface area is 384 Å². The normalized spacial score (nSPS) is 20.5. The number of carbonyl (C=O) groups is 1. The smallest absolute Gasteiger partial charge is 0.394 e. The van der Waals surface area contributed by atoms with Crippen LogP contribution in [0.3, 0.4) is 0 Å². The molecule has 1 amide bonds. The lowest BCUT2D eigenvalue weighted by atomic mass is 9.99. The fourth-order valence-corrected chi connectivity index (χ4v) is 8.72. The van der Waals surface area contributed by atoms with E-state index in [-0.39, 0.29) is 18.9 Å². The van der Waals surface area contributed by atoms with Gasteiger partial charge >= 0.3 is 10.4 Å². The van der Waals surface area contributed by atoms with E-state index in [0.717, 1.165) is 44.9 Å². The van der Waals surface area contributed by atoms with Crippen molar-refractivity contribution in [2.45, 2.75) is 275 Å². The Morgan fingerprint density at radius 3 is 1.43 bits per heavy atom. The van der Waals surface area contributed by atoms with Crippen molar-refractivity contribution in [1.82, 2.24) is 5.32 Å². The van der Waals surface area contributed by atoms with Gasteiger partial charge in [-0.1, -0.05) is 205 Å². The van der Waals surface area contributed by atoms with Gasteiger partial charge in [-0.05, 0) is 44.9 Å². The van der Waals surface area contributed by atoms with Crippen molar-refractivity contribution in [2.75, 3.05) is 13.2 Å². The summed E-state index contributed by atoms with van der Waals surface area (Å²) in [6.45, 7) is 3.40. The summed E-state index contributed by atoms with van der Waals surface area (Å²) in [6, 6.07) is -0.944. The molecule has 0 bridgehead atoms. The number of carbonyl (C=O) groups excluding carboxylic acids is 1. The molecule has 0 aromatic carbocycles. The Bertz CT molecular complexity index is 1220. The van der Waals surface area contributed by atoms with Crippen LogP contribution >= 0.6 is 0 Å². The van der Waals surface area contributed by atoms with Gasteiger partial charge in [0, 0.05) is 6.42 Å². The van der Waals surface area contributed by atoms with E-state index in [2.05, 4.69) is 35.5 Å². The Kier molecular flexibility index (Phi) is 38.6. The minimum Gasteiger partial charge on any atom is -0.394 e. The average Bonchev–Trinajstić information content (AvgIpc) is 3.25. The zero-order valence-corrected chi connectivity index (χ0v) is 40.7. The number of aliphatic hydroxyl groups is 4. The van der Waals surface area contributed by atoms with Gasteiger partial charge in [0.25, 0.3) is 0 Å². The zero-order valence-electron chi connectivity index (χ0n) is 39.9. The largest absolute Gasteiger partial charge is 0.397 e. The van der Waals surface area contributed by atoms with Crippen LogP contribution in [0.2, 0.25) is 0 Å². The van der Waals surface area contributed by atoms with Crippen LogP contribution in [0.25, 0.3) is 0 Å². The fourth-order valence-electron chi connectivity index (χ4n) is 8.21. The first kappa shape index (κ1) is 59.6. The topological polar surface area (TPSA) is 192 Å². The van der Waals surface area contributed by atoms with Crippen LogP contribution in [-0.2, 0) is 28.9 Å². The molecule has 0 aromatic rings. The molecule has 1 saturated heterocycles. The summed E-state index contributed by atoms with van der Waals surface area (Å²) in [6.07, 6.45) is 39.2. The van der Waals surface area contributed by atoms with Gasteiger partial charge in [0.05, 0.1) is 25.4 Å². The van der Waals surface area contributed by atoms with Crippen molar-refractivity contribution in [2.24, 2.45) is 0 Å². The van der Waals surface area contributed by atoms with Crippen LogP contribution in [0.1, 0.15) is 232 Å². The SMILES string of the molecule is CCCCCCCCCC/C=C\CCCCCCCCCC(=O)NC(COC1OC(CO)C(O)C(OS(=O)(=O)O)C1O)C(O)/C=C/CCCCCCCCCCCCCCCCC. The van der Waals surface area contributed by atoms with Crippen molar-refractivity contribution in [1.29, 1.82) is 0 Å². The minimum absolute atomic E-state index is 0.265. The molecule has 1 rings (SSSR count). The monoisotopic (exact) mass is 918 g/mol. The van der Waals surface area contributed by atoms with Crippen LogP contribution in [0.5, 0.6) is 0 Å². The lowest BCUT2D eigenvalue weighted by Gasteiger charge is -2.41. The highest BCUT2D eigenvalue weighted by atomic mass is 32.3. The predicted octanol–water partition coefficient (Wildman–Crippen LogP) is 10.9. The summed E-state index contributed by atoms with van der Waals surface area (Å²) in [5, 5.41) is 44.8. The number of hydrogen-bond acceptors (Lipinski definition) is 10. The van der Waals surface area contributed by atoms with E-state index in [9.17, 15) is 38.2 Å². The second-order valence-electron chi connectivity index (χ2n) is 18.1. The molecule has 12 nitrogen and oxygen atoms in total. The standard InChI is InChI=1S/C50H95NO11S/c1-3-5-7-9-11-13-15-17-19-21-22-24-26-28-30-32-34-36-38-40-46(54)51-43(42-60-50-48(56)49(62-63(57,58)59)47(55)45(41-52)61-50)44(53)39-37-35-33-31-29-27-25-23-20-18-16-14-12-10-8-6-4-2/h21-22,37,39,43-45,47-50,52-53,55-56H,3-20,23-36,38,40-42H2,1-2H3,(H,51,54)(H,57,58,59)/b22-21-,39-37+. The molecule has 0 radical (unpaired) electrons. The first-order chi connectivity index (χ1) is 30.5. The number of ether oxygens (including phenoxy) is 2. The van der Waals surface area contributed by atoms with Gasteiger partial charge in [0.2, 0.25) is 5.91 Å². The summed E-state index contributed by atoms with van der Waals surface area (Å²) in [5.74, 6) is -0.265. The van der Waals surface area contributed by atoms with Crippen LogP contribution in [0, 0.1) is 0 Å². The Hall–Kier alpha value is -1.42. The Morgan fingerprint density at radius 1 is 0.619 bits per heavy atom. The maximum atomic E-state index is 13.1. The number of hydrogen-bond donors (Lipinski definition) is 6. The van der Waals surface area contributed by atoms with Crippen LogP contribution in [0.4, 0.5) is 0 Å². The fraction of sp³-hybridized carbons (Fsp3) is 0.900. The van der Waals surface area contributed by atoms with Crippen molar-refractivity contribution >= 4 is 16.3 Å². The number of amides is 1. The summed E-state index contributed by atoms with van der Waals surface area (Å²) in [7, 11) is -5.09. The van der Waals surface area contributed by atoms with Gasteiger partial charge in [-0.2, -0.15) is 8.42 Å². The molecular formula is C50H95NO11S. The molecule has 7 atom stereocenters. The second kappa shape index (κ2) is 40.8. The molecule has 6 N–H and O–H groups in total. The molecule has 0 aromatic heterocycles. The molecule has 372 valence electrons. The van der Waals surface area contributed by atoms with E-state index in [1.165, 1.54) is 161 Å². The molecule has 0 aliphatic carbocycles. The van der Waals surface area contributed by atoms with Crippen molar-refractivity contribution < 1.29 is 51.8 Å². The summed E-state index contributed by atoms with van der Waals surface area (Å²) in [5.41, 5.74) is 0. The second-order valence-corrected chi connectivity index (χ2v) is 19.2. The highest BCUT2D eigenvalue weighted by Gasteiger charge is 2.48. The van der Waals surface area contributed by atoms with Crippen molar-refractivity contribution in [3.63, 3.8) is 0 Å². The van der Waals surface area contributed by atoms with Crippen LogP contribution < -0.4 is 5.32 Å². The minimum atomic E-state index is -5.09.